The van der Waals surface area contributed by atoms with Gasteiger partial charge in [0.2, 0.25) is 0 Å². The van der Waals surface area contributed by atoms with Crippen LogP contribution < -0.4 is 16.0 Å². The smallest absolute Gasteiger partial charge is 0.115 e. The molecule has 0 saturated carbocycles. The number of rotatable bonds is 0. The zero-order chi connectivity index (χ0) is 55.1. The van der Waals surface area contributed by atoms with Gasteiger partial charge >= 0.3 is 0 Å². The molecular formula is C59H70N18OS. The minimum absolute atomic E-state index is 0.889. The van der Waals surface area contributed by atoms with Gasteiger partial charge in [-0.15, -0.1) is 11.3 Å². The summed E-state index contributed by atoms with van der Waals surface area (Å²) in [5, 5.41) is 28.6. The maximum atomic E-state index is 5.01. The van der Waals surface area contributed by atoms with Crippen molar-refractivity contribution in [3.05, 3.63) is 257 Å². The predicted molar refractivity (Wildman–Crippen MR) is 317 cm³/mol. The van der Waals surface area contributed by atoms with Crippen LogP contribution in [0.2, 0.25) is 0 Å². The van der Waals surface area contributed by atoms with Crippen molar-refractivity contribution in [3.8, 4) is 0 Å². The molecule has 20 heteroatoms. The first-order chi connectivity index (χ1) is 39.4. The van der Waals surface area contributed by atoms with Crippen molar-refractivity contribution >= 4 is 44.0 Å². The Hall–Kier alpha value is -9.34. The summed E-state index contributed by atoms with van der Waals surface area (Å²) >= 11 is 1.60. The first-order valence-electron chi connectivity index (χ1n) is 25.5. The van der Waals surface area contributed by atoms with Crippen LogP contribution in [-0.2, 0) is 4.74 Å². The lowest BCUT2D eigenvalue weighted by Crippen LogP contribution is -2.30. The topological polar surface area (TPSA) is 247 Å². The number of nitrogens with one attached hydrogen (secondary N) is 6. The van der Waals surface area contributed by atoms with Gasteiger partial charge in [0.05, 0.1) is 18.7 Å². The molecule has 0 atom stereocenters. The third-order valence-electron chi connectivity index (χ3n) is 9.77. The second-order valence-electron chi connectivity index (χ2n) is 15.6. The summed E-state index contributed by atoms with van der Waals surface area (Å²) in [5.74, 6) is 0. The maximum absolute atomic E-state index is 5.01. The highest BCUT2D eigenvalue weighted by atomic mass is 32.1. The lowest BCUT2D eigenvalue weighted by Gasteiger charge is -2.10. The lowest BCUT2D eigenvalue weighted by molar-refractivity contribution is 0.109. The predicted octanol–water partition coefficient (Wildman–Crippen LogP) is 10.3. The quantitative estimate of drug-likeness (QED) is 0.0826. The molecule has 0 amide bonds. The van der Waals surface area contributed by atoms with E-state index < -0.39 is 0 Å². The van der Waals surface area contributed by atoms with Crippen molar-refractivity contribution in [1.82, 2.24) is 91.2 Å². The molecule has 0 bridgehead atoms. The molecule has 12 aromatic rings. The van der Waals surface area contributed by atoms with E-state index in [1.54, 1.807) is 134 Å². The van der Waals surface area contributed by atoms with Crippen LogP contribution >= 0.6 is 11.3 Å². The fourth-order valence-corrected chi connectivity index (χ4v) is 6.54. The van der Waals surface area contributed by atoms with Crippen LogP contribution in [0.3, 0.4) is 0 Å². The molecule has 2 fully saturated rings. The zero-order valence-corrected chi connectivity index (χ0v) is 45.0. The molecule has 0 spiro atoms. The van der Waals surface area contributed by atoms with E-state index in [2.05, 4.69) is 164 Å². The molecule has 2 saturated heterocycles. The Bertz CT molecular complexity index is 2560. The molecule has 408 valence electrons. The summed E-state index contributed by atoms with van der Waals surface area (Å²) < 4.78 is 5.01. The van der Waals surface area contributed by atoms with E-state index >= 15 is 0 Å². The Balaban J connectivity index is 0.000000188. The first kappa shape index (κ1) is 62.2. The highest BCUT2D eigenvalue weighted by Crippen LogP contribution is 2.24. The number of fused-ring (bicyclic) bond motifs is 4. The molecule has 6 N–H and O–H groups in total. The fourth-order valence-electron chi connectivity index (χ4n) is 6.19. The fraction of sp³-hybridized carbons (Fsp3) is 0.186. The van der Waals surface area contributed by atoms with E-state index in [1.807, 2.05) is 48.1 Å². The summed E-state index contributed by atoms with van der Waals surface area (Å²) in [6.45, 7) is 7.47. The van der Waals surface area contributed by atoms with Gasteiger partial charge in [-0.25, -0.2) is 19.9 Å². The summed E-state index contributed by atoms with van der Waals surface area (Å²) in [7, 11) is 0. The summed E-state index contributed by atoms with van der Waals surface area (Å²) in [6, 6.07) is 36.1. The third-order valence-corrected chi connectivity index (χ3v) is 10.3. The van der Waals surface area contributed by atoms with Crippen LogP contribution in [0.15, 0.2) is 257 Å². The minimum atomic E-state index is 0.889. The Labute approximate surface area is 466 Å². The standard InChI is InChI=1S/C12H9N.C8H7N.C5H11N.5C4H4N2.C4H9NO.C4H7N.C3H4N2.C3H3NS/c1-3-7-11-9(5-1)10-6-2-4-8-12(10)13-11;1-2-4-8-7(3-1)5-6-9-8;1-2-4-6-5-3-1;2*1-2-6-4-3-5-1;2*1-2-5-4-6-3-1;1-2-4-6-5-3-1;1-3-6-4-2-5-1;2*1-2-4-5-3-1;1-2-5-3-4-1/h1-8,13H;1-6,9H;6H,1-5H2;5*1-4H;5H,1-4H2;1,3,5H,2,4H2;1-3H,(H,4,5);1-3H. The van der Waals surface area contributed by atoms with Crippen molar-refractivity contribution in [2.45, 2.75) is 25.7 Å². The van der Waals surface area contributed by atoms with Crippen LogP contribution in [0.5, 0.6) is 0 Å². The Morgan fingerprint density at radius 1 is 0.418 bits per heavy atom. The molecule has 79 heavy (non-hydrogen) atoms. The number of hydrogen-bond donors (Lipinski definition) is 6. The highest BCUT2D eigenvalue weighted by Gasteiger charge is 2.00. The molecule has 19 nitrogen and oxygen atoms in total. The highest BCUT2D eigenvalue weighted by molar-refractivity contribution is 7.07. The number of nitrogens with zero attached hydrogens (tertiary/aromatic N) is 12. The molecule has 0 aliphatic carbocycles. The molecule has 9 aromatic heterocycles. The van der Waals surface area contributed by atoms with E-state index in [4.69, 9.17) is 4.74 Å². The van der Waals surface area contributed by atoms with Crippen LogP contribution in [-0.4, -0.2) is 121 Å². The summed E-state index contributed by atoms with van der Waals surface area (Å²) in [5.41, 5.74) is 5.42. The Morgan fingerprint density at radius 2 is 0.962 bits per heavy atom. The number of aromatic amines is 3. The van der Waals surface area contributed by atoms with Crippen LogP contribution in [0.4, 0.5) is 0 Å². The SMILES string of the molecule is C1=CNCC1.C1CCNCC1.C1COCCN1.c1ccc2[nH]ccc2c1.c1ccc2c(c1)[nH]c1ccccc12.c1ccnnc1.c1cn[nH]c1.c1cnccn1.c1cnccn1.c1cncnc1.c1cncnc1.c1cscn1. The zero-order valence-electron chi connectivity index (χ0n) is 44.2. The van der Waals surface area contributed by atoms with Crippen LogP contribution in [0, 0.1) is 0 Å². The number of hydrogen-bond acceptors (Lipinski definition) is 17. The molecule has 0 radical (unpaired) electrons. The number of H-pyrrole nitrogens is 3. The number of aromatic nitrogens is 15. The Morgan fingerprint density at radius 3 is 1.24 bits per heavy atom. The van der Waals surface area contributed by atoms with Gasteiger partial charge in [0.25, 0.3) is 0 Å². The summed E-state index contributed by atoms with van der Waals surface area (Å²) in [4.78, 5) is 39.8. The molecule has 15 rings (SSSR count). The Kier molecular flexibility index (Phi) is 37.1. The van der Waals surface area contributed by atoms with Gasteiger partial charge in [-0.3, -0.25) is 30.0 Å². The van der Waals surface area contributed by atoms with E-state index in [-0.39, 0.29) is 0 Å². The average Bonchev–Trinajstić information content (AvgIpc) is 4.46. The van der Waals surface area contributed by atoms with Gasteiger partial charge in [0, 0.05) is 164 Å². The summed E-state index contributed by atoms with van der Waals surface area (Å²) in [6.07, 6.45) is 42.8. The third kappa shape index (κ3) is 34.0. The van der Waals surface area contributed by atoms with Crippen molar-refractivity contribution in [2.24, 2.45) is 0 Å². The second-order valence-corrected chi connectivity index (χ2v) is 16.3. The molecule has 3 aliphatic heterocycles. The van der Waals surface area contributed by atoms with Gasteiger partial charge in [-0.1, -0.05) is 67.1 Å². The van der Waals surface area contributed by atoms with Gasteiger partial charge in [-0.2, -0.15) is 15.3 Å². The minimum Gasteiger partial charge on any atom is -0.391 e. The number of para-hydroxylation sites is 3. The van der Waals surface area contributed by atoms with Gasteiger partial charge in [0.1, 0.15) is 12.7 Å². The van der Waals surface area contributed by atoms with Gasteiger partial charge in [-0.05, 0) is 98.5 Å². The lowest BCUT2D eigenvalue weighted by atomic mass is 10.2. The van der Waals surface area contributed by atoms with E-state index in [0.717, 1.165) is 32.8 Å². The number of morpholine rings is 1. The normalized spacial score (nSPS) is 11.9. The molecule has 3 aliphatic rings. The molecule has 3 aromatic carbocycles. The first-order valence-corrected chi connectivity index (χ1v) is 26.5. The van der Waals surface area contributed by atoms with Crippen molar-refractivity contribution < 1.29 is 4.74 Å². The largest absolute Gasteiger partial charge is 0.391 e. The molecular weight excluding hydrogens is 1010 g/mol. The van der Waals surface area contributed by atoms with Crippen LogP contribution in [0.1, 0.15) is 25.7 Å². The number of ether oxygens (including phenoxy) is 1. The number of benzene rings is 3. The van der Waals surface area contributed by atoms with E-state index in [1.165, 1.54) is 84.1 Å². The number of thiazole rings is 1. The average molecular weight is 1080 g/mol. The van der Waals surface area contributed by atoms with Crippen molar-refractivity contribution in [3.63, 3.8) is 0 Å². The molecule has 0 unspecified atom stereocenters. The van der Waals surface area contributed by atoms with Crippen molar-refractivity contribution in [2.75, 3.05) is 45.9 Å². The monoisotopic (exact) mass is 1080 g/mol. The maximum Gasteiger partial charge on any atom is 0.115 e. The van der Waals surface area contributed by atoms with Crippen LogP contribution in [0.25, 0.3) is 32.7 Å². The van der Waals surface area contributed by atoms with Crippen molar-refractivity contribution in [1.29, 1.82) is 0 Å². The van der Waals surface area contributed by atoms with Gasteiger partial charge in [0.15, 0.2) is 0 Å². The van der Waals surface area contributed by atoms with Gasteiger partial charge < -0.3 is 30.7 Å². The number of piperidine rings is 1. The van der Waals surface area contributed by atoms with E-state index in [9.17, 15) is 0 Å². The van der Waals surface area contributed by atoms with E-state index in [0.29, 0.717) is 0 Å². The molecule has 12 heterocycles. The second kappa shape index (κ2) is 47.1.